The van der Waals surface area contributed by atoms with Crippen molar-refractivity contribution in [2.45, 2.75) is 39.2 Å². The maximum atomic E-state index is 11.5. The first-order valence-electron chi connectivity index (χ1n) is 6.83. The second-order valence-corrected chi connectivity index (χ2v) is 5.56. The number of methoxy groups -OCH3 is 1. The normalized spacial score (nSPS) is 10.9. The van der Waals surface area contributed by atoms with Gasteiger partial charge in [-0.15, -0.1) is 0 Å². The van der Waals surface area contributed by atoms with Crippen LogP contribution in [0.3, 0.4) is 0 Å². The molecule has 0 aliphatic carbocycles. The average molecular weight is 294 g/mol. The van der Waals surface area contributed by atoms with E-state index in [4.69, 9.17) is 14.2 Å². The lowest BCUT2D eigenvalue weighted by Gasteiger charge is -2.19. The Labute approximate surface area is 125 Å². The highest BCUT2D eigenvalue weighted by Crippen LogP contribution is 2.23. The van der Waals surface area contributed by atoms with Gasteiger partial charge in [-0.05, 0) is 39.3 Å². The summed E-state index contributed by atoms with van der Waals surface area (Å²) in [6.45, 7) is 5.90. The average Bonchev–Trinajstić information content (AvgIpc) is 2.41. The minimum atomic E-state index is -0.462. The third kappa shape index (κ3) is 6.29. The van der Waals surface area contributed by atoms with Crippen LogP contribution in [0.15, 0.2) is 18.2 Å². The molecular formula is C16H22O5. The Morgan fingerprint density at radius 2 is 2.00 bits per heavy atom. The van der Waals surface area contributed by atoms with Gasteiger partial charge in [0.25, 0.3) is 0 Å². The summed E-state index contributed by atoms with van der Waals surface area (Å²) >= 11 is 0. The minimum Gasteiger partial charge on any atom is -0.496 e. The van der Waals surface area contributed by atoms with Crippen molar-refractivity contribution in [3.8, 4) is 11.5 Å². The molecule has 0 bridgehead atoms. The molecule has 0 atom stereocenters. The van der Waals surface area contributed by atoms with E-state index >= 15 is 0 Å². The number of carbonyl (C=O) groups excluding carboxylic acids is 2. The van der Waals surface area contributed by atoms with Gasteiger partial charge in [0, 0.05) is 12.5 Å². The lowest BCUT2D eigenvalue weighted by Crippen LogP contribution is -2.23. The first-order valence-corrected chi connectivity index (χ1v) is 6.83. The third-order valence-electron chi connectivity index (χ3n) is 2.55. The molecule has 0 heterocycles. The second-order valence-electron chi connectivity index (χ2n) is 5.56. The van der Waals surface area contributed by atoms with Crippen molar-refractivity contribution in [2.24, 2.45) is 0 Å². The molecule has 116 valence electrons. The molecule has 0 aromatic heterocycles. The van der Waals surface area contributed by atoms with Gasteiger partial charge < -0.3 is 14.2 Å². The van der Waals surface area contributed by atoms with Gasteiger partial charge in [-0.2, -0.15) is 0 Å². The zero-order valence-corrected chi connectivity index (χ0v) is 13.0. The van der Waals surface area contributed by atoms with Gasteiger partial charge in [0.2, 0.25) is 0 Å². The maximum Gasteiger partial charge on any atom is 0.306 e. The highest BCUT2D eigenvalue weighted by atomic mass is 16.6. The van der Waals surface area contributed by atoms with E-state index in [1.165, 1.54) is 7.11 Å². The molecule has 1 rings (SSSR count). The highest BCUT2D eigenvalue weighted by Gasteiger charge is 2.15. The summed E-state index contributed by atoms with van der Waals surface area (Å²) in [5.41, 5.74) is 0.00860. The molecule has 0 saturated heterocycles. The lowest BCUT2D eigenvalue weighted by molar-refractivity contribution is -0.155. The Morgan fingerprint density at radius 3 is 2.57 bits per heavy atom. The topological polar surface area (TPSA) is 61.8 Å². The number of ether oxygens (including phenoxy) is 3. The number of esters is 1. The highest BCUT2D eigenvalue weighted by molar-refractivity contribution is 5.79. The molecule has 0 radical (unpaired) electrons. The molecule has 0 N–H and O–H groups in total. The van der Waals surface area contributed by atoms with E-state index in [1.807, 2.05) is 20.8 Å². The molecule has 1 aromatic rings. The Morgan fingerprint density at radius 1 is 1.29 bits per heavy atom. The Balaban J connectivity index is 2.39. The Bertz CT molecular complexity index is 488. The van der Waals surface area contributed by atoms with Crippen LogP contribution in [-0.4, -0.2) is 31.6 Å². The van der Waals surface area contributed by atoms with Crippen molar-refractivity contribution in [2.75, 3.05) is 13.7 Å². The standard InChI is InChI=1S/C16H22O5/c1-16(2,3)21-15(18)6-5-9-20-13-8-7-12(11-17)14(10-13)19-4/h7-8,10-11H,5-6,9H2,1-4H3. The predicted molar refractivity (Wildman–Crippen MR) is 79.0 cm³/mol. The summed E-state index contributed by atoms with van der Waals surface area (Å²) < 4.78 is 15.8. The summed E-state index contributed by atoms with van der Waals surface area (Å²) in [6.07, 6.45) is 1.60. The predicted octanol–water partition coefficient (Wildman–Crippen LogP) is 3.01. The van der Waals surface area contributed by atoms with Gasteiger partial charge in [0.1, 0.15) is 17.1 Å². The van der Waals surface area contributed by atoms with Gasteiger partial charge >= 0.3 is 5.97 Å². The quantitative estimate of drug-likeness (QED) is 0.439. The van der Waals surface area contributed by atoms with E-state index < -0.39 is 5.60 Å². The van der Waals surface area contributed by atoms with Gasteiger partial charge in [0.05, 0.1) is 19.3 Å². The van der Waals surface area contributed by atoms with Gasteiger partial charge in [-0.1, -0.05) is 0 Å². The largest absolute Gasteiger partial charge is 0.496 e. The summed E-state index contributed by atoms with van der Waals surface area (Å²) in [4.78, 5) is 22.3. The maximum absolute atomic E-state index is 11.5. The molecule has 21 heavy (non-hydrogen) atoms. The van der Waals surface area contributed by atoms with Crippen LogP contribution in [0.4, 0.5) is 0 Å². The molecule has 0 spiro atoms. The van der Waals surface area contributed by atoms with Crippen molar-refractivity contribution in [1.29, 1.82) is 0 Å². The van der Waals surface area contributed by atoms with E-state index in [1.54, 1.807) is 18.2 Å². The minimum absolute atomic E-state index is 0.236. The number of hydrogen-bond donors (Lipinski definition) is 0. The fourth-order valence-corrected chi connectivity index (χ4v) is 1.68. The molecule has 0 amide bonds. The summed E-state index contributed by atoms with van der Waals surface area (Å²) in [6, 6.07) is 4.98. The van der Waals surface area contributed by atoms with E-state index in [-0.39, 0.29) is 5.97 Å². The van der Waals surface area contributed by atoms with Crippen LogP contribution in [0.1, 0.15) is 44.0 Å². The van der Waals surface area contributed by atoms with E-state index in [0.717, 1.165) is 6.29 Å². The van der Waals surface area contributed by atoms with Gasteiger partial charge in [-0.25, -0.2) is 0 Å². The van der Waals surface area contributed by atoms with Crippen LogP contribution in [0.5, 0.6) is 11.5 Å². The van der Waals surface area contributed by atoms with E-state index in [0.29, 0.717) is 36.5 Å². The SMILES string of the molecule is COc1cc(OCCCC(=O)OC(C)(C)C)ccc1C=O. The Hall–Kier alpha value is -2.04. The van der Waals surface area contributed by atoms with Crippen LogP contribution in [0, 0.1) is 0 Å². The molecular weight excluding hydrogens is 272 g/mol. The van der Waals surface area contributed by atoms with Crippen LogP contribution >= 0.6 is 0 Å². The fourth-order valence-electron chi connectivity index (χ4n) is 1.68. The smallest absolute Gasteiger partial charge is 0.306 e. The number of hydrogen-bond acceptors (Lipinski definition) is 5. The summed E-state index contributed by atoms with van der Waals surface area (Å²) in [7, 11) is 1.49. The fraction of sp³-hybridized carbons (Fsp3) is 0.500. The van der Waals surface area contributed by atoms with Crippen molar-refractivity contribution in [3.63, 3.8) is 0 Å². The van der Waals surface area contributed by atoms with E-state index in [2.05, 4.69) is 0 Å². The van der Waals surface area contributed by atoms with E-state index in [9.17, 15) is 9.59 Å². The molecule has 0 aliphatic heterocycles. The zero-order valence-electron chi connectivity index (χ0n) is 13.0. The monoisotopic (exact) mass is 294 g/mol. The van der Waals surface area contributed by atoms with Crippen molar-refractivity contribution in [1.82, 2.24) is 0 Å². The van der Waals surface area contributed by atoms with Crippen LogP contribution in [0.2, 0.25) is 0 Å². The lowest BCUT2D eigenvalue weighted by atomic mass is 10.2. The molecule has 5 heteroatoms. The summed E-state index contributed by atoms with van der Waals surface area (Å²) in [5.74, 6) is 0.830. The van der Waals surface area contributed by atoms with Crippen LogP contribution in [0.25, 0.3) is 0 Å². The van der Waals surface area contributed by atoms with Gasteiger partial charge in [0.15, 0.2) is 6.29 Å². The zero-order chi connectivity index (χ0) is 15.9. The number of benzene rings is 1. The van der Waals surface area contributed by atoms with Crippen molar-refractivity contribution in [3.05, 3.63) is 23.8 Å². The van der Waals surface area contributed by atoms with Crippen molar-refractivity contribution >= 4 is 12.3 Å². The molecule has 0 fully saturated rings. The molecule has 1 aromatic carbocycles. The number of aldehydes is 1. The first kappa shape index (κ1) is 17.0. The van der Waals surface area contributed by atoms with Crippen LogP contribution < -0.4 is 9.47 Å². The van der Waals surface area contributed by atoms with Crippen molar-refractivity contribution < 1.29 is 23.8 Å². The third-order valence-corrected chi connectivity index (χ3v) is 2.55. The number of carbonyl (C=O) groups is 2. The Kier molecular flexibility index (Phi) is 6.21. The first-order chi connectivity index (χ1) is 9.85. The molecule has 0 saturated carbocycles. The molecule has 0 unspecified atom stereocenters. The van der Waals surface area contributed by atoms with Crippen LogP contribution in [-0.2, 0) is 9.53 Å². The molecule has 0 aliphatic rings. The second kappa shape index (κ2) is 7.67. The number of rotatable bonds is 7. The van der Waals surface area contributed by atoms with Gasteiger partial charge in [-0.3, -0.25) is 9.59 Å². The summed E-state index contributed by atoms with van der Waals surface area (Å²) in [5, 5.41) is 0. The molecule has 5 nitrogen and oxygen atoms in total.